The number of thiophene rings is 1. The van der Waals surface area contributed by atoms with Gasteiger partial charge in [0.15, 0.2) is 0 Å². The van der Waals surface area contributed by atoms with Crippen LogP contribution in [0.4, 0.5) is 0 Å². The first-order chi connectivity index (χ1) is 15.3. The lowest BCUT2D eigenvalue weighted by molar-refractivity contribution is -0.137. The zero-order chi connectivity index (χ0) is 22.9. The summed E-state index contributed by atoms with van der Waals surface area (Å²) in [5.41, 5.74) is 0.991. The van der Waals surface area contributed by atoms with Crippen molar-refractivity contribution in [3.8, 4) is 5.75 Å². The Bertz CT molecular complexity index is 1020. The van der Waals surface area contributed by atoms with Crippen molar-refractivity contribution in [2.45, 2.75) is 58.4 Å². The number of carboxylic acids is 1. The second-order valence-electron chi connectivity index (χ2n) is 9.86. The third kappa shape index (κ3) is 4.42. The van der Waals surface area contributed by atoms with Crippen LogP contribution in [0.1, 0.15) is 62.7 Å². The minimum absolute atomic E-state index is 0.00564. The molecule has 1 amide bonds. The van der Waals surface area contributed by atoms with Gasteiger partial charge in [0.05, 0.1) is 12.7 Å². The number of nitrogens with one attached hydrogen (secondary N) is 1. The number of allylic oxidation sites excluding steroid dienone is 2. The van der Waals surface area contributed by atoms with Crippen LogP contribution in [0.2, 0.25) is 0 Å². The second-order valence-corrected chi connectivity index (χ2v) is 10.8. The lowest BCUT2D eigenvalue weighted by Crippen LogP contribution is -2.63. The Balaban J connectivity index is 1.47. The molecule has 5 nitrogen and oxygen atoms in total. The maximum Gasteiger partial charge on any atom is 0.303 e. The lowest BCUT2D eigenvalue weighted by Gasteiger charge is -2.62. The Kier molecular flexibility index (Phi) is 6.61. The first-order valence-corrected chi connectivity index (χ1v) is 12.4. The largest absolute Gasteiger partial charge is 0.497 e. The van der Waals surface area contributed by atoms with Gasteiger partial charge >= 0.3 is 5.97 Å². The van der Waals surface area contributed by atoms with Gasteiger partial charge in [0.2, 0.25) is 0 Å². The highest BCUT2D eigenvalue weighted by Gasteiger charge is 2.57. The number of carbonyl (C=O) groups is 2. The van der Waals surface area contributed by atoms with Crippen molar-refractivity contribution in [3.05, 3.63) is 41.3 Å². The van der Waals surface area contributed by atoms with Gasteiger partial charge in [0.1, 0.15) is 5.75 Å². The summed E-state index contributed by atoms with van der Waals surface area (Å²) in [6, 6.07) is 6.04. The Morgan fingerprint density at radius 1 is 1.28 bits per heavy atom. The monoisotopic (exact) mass is 455 g/mol. The summed E-state index contributed by atoms with van der Waals surface area (Å²) >= 11 is 1.59. The first-order valence-electron chi connectivity index (χ1n) is 11.5. The first kappa shape index (κ1) is 22.8. The lowest BCUT2D eigenvalue weighted by atomic mass is 9.44. The molecule has 5 rings (SSSR count). The standard InChI is InChI=1S/C26H33NO4S/c1-26(2)17-12-16(8-6-4-5-7-9-23(28)29)24(21(26)13-17)27-25(30)20-15-32-22-11-10-18(31-3)14-19(20)22/h4,6,10-11,14-17,21,24H,5,7-9,12-13H2,1-3H3,(H,27,30)(H,28,29)/b6-4-/t16-,17-,21-,24+/m1/s1. The van der Waals surface area contributed by atoms with E-state index in [1.165, 1.54) is 6.42 Å². The van der Waals surface area contributed by atoms with Crippen molar-refractivity contribution in [2.24, 2.45) is 23.2 Å². The molecule has 1 aromatic carbocycles. The molecule has 1 heterocycles. The highest BCUT2D eigenvalue weighted by atomic mass is 32.1. The number of carbonyl (C=O) groups excluding carboxylic acids is 1. The number of hydrogen-bond donors (Lipinski definition) is 2. The molecule has 0 saturated heterocycles. The number of unbranched alkanes of at least 4 members (excludes halogenated alkanes) is 1. The molecule has 0 radical (unpaired) electrons. The number of fused-ring (bicyclic) bond motifs is 3. The third-order valence-corrected chi connectivity index (χ3v) is 8.73. The number of carboxylic acid groups (broad SMARTS) is 1. The van der Waals surface area contributed by atoms with Gasteiger partial charge in [0, 0.05) is 27.9 Å². The molecule has 6 heteroatoms. The van der Waals surface area contributed by atoms with Gasteiger partial charge < -0.3 is 15.2 Å². The molecule has 3 aliphatic carbocycles. The molecule has 32 heavy (non-hydrogen) atoms. The fraction of sp³-hybridized carbons (Fsp3) is 0.538. The summed E-state index contributed by atoms with van der Waals surface area (Å²) in [5, 5.41) is 15.1. The zero-order valence-corrected chi connectivity index (χ0v) is 19.9. The van der Waals surface area contributed by atoms with Gasteiger partial charge in [-0.3, -0.25) is 9.59 Å². The summed E-state index contributed by atoms with van der Waals surface area (Å²) in [4.78, 5) is 24.0. The molecule has 0 unspecified atom stereocenters. The van der Waals surface area contributed by atoms with Gasteiger partial charge in [-0.25, -0.2) is 0 Å². The van der Waals surface area contributed by atoms with E-state index in [0.29, 0.717) is 18.3 Å². The van der Waals surface area contributed by atoms with Crippen molar-refractivity contribution in [3.63, 3.8) is 0 Å². The Hall–Kier alpha value is -2.34. The number of benzene rings is 1. The number of hydrogen-bond acceptors (Lipinski definition) is 4. The molecular weight excluding hydrogens is 422 g/mol. The van der Waals surface area contributed by atoms with Crippen molar-refractivity contribution >= 4 is 33.3 Å². The molecule has 3 saturated carbocycles. The zero-order valence-electron chi connectivity index (χ0n) is 19.1. The van der Waals surface area contributed by atoms with E-state index < -0.39 is 5.97 Å². The average molecular weight is 456 g/mol. The molecule has 2 aromatic rings. The van der Waals surface area contributed by atoms with Crippen LogP contribution in [0.5, 0.6) is 5.75 Å². The number of ether oxygens (including phenoxy) is 1. The van der Waals surface area contributed by atoms with Gasteiger partial charge in [-0.2, -0.15) is 0 Å². The highest BCUT2D eigenvalue weighted by Crippen LogP contribution is 2.61. The van der Waals surface area contributed by atoms with Crippen molar-refractivity contribution < 1.29 is 19.4 Å². The number of rotatable bonds is 9. The molecule has 0 aliphatic heterocycles. The van der Waals surface area contributed by atoms with Crippen LogP contribution in [0, 0.1) is 23.2 Å². The maximum atomic E-state index is 13.4. The van der Waals surface area contributed by atoms with E-state index in [9.17, 15) is 9.59 Å². The third-order valence-electron chi connectivity index (χ3n) is 7.76. The summed E-state index contributed by atoms with van der Waals surface area (Å²) < 4.78 is 6.45. The number of amides is 1. The second kappa shape index (κ2) is 9.26. The highest BCUT2D eigenvalue weighted by molar-refractivity contribution is 7.17. The van der Waals surface area contributed by atoms with Gasteiger partial charge in [0.25, 0.3) is 5.91 Å². The fourth-order valence-electron chi connectivity index (χ4n) is 5.67. The summed E-state index contributed by atoms with van der Waals surface area (Å²) in [7, 11) is 1.64. The molecule has 3 fully saturated rings. The fourth-order valence-corrected chi connectivity index (χ4v) is 6.59. The Labute approximate surface area is 193 Å². The maximum absolute atomic E-state index is 13.4. The number of methoxy groups -OCH3 is 1. The quantitative estimate of drug-likeness (QED) is 0.365. The van der Waals surface area contributed by atoms with Crippen LogP contribution >= 0.6 is 11.3 Å². The van der Waals surface area contributed by atoms with Crippen molar-refractivity contribution in [1.29, 1.82) is 0 Å². The van der Waals surface area contributed by atoms with E-state index in [1.54, 1.807) is 18.4 Å². The molecule has 1 aromatic heterocycles. The Morgan fingerprint density at radius 3 is 2.81 bits per heavy atom. The SMILES string of the molecule is COc1ccc2scc(C(=O)N[C@H]3[C@H](C/C=C\CCCC(=O)O)C[C@@H]4C[C@H]3C4(C)C)c2c1. The number of aliphatic carboxylic acids is 1. The van der Waals surface area contributed by atoms with Gasteiger partial charge in [-0.15, -0.1) is 11.3 Å². The normalized spacial score (nSPS) is 26.1. The molecule has 3 aliphatic rings. The minimum Gasteiger partial charge on any atom is -0.497 e. The smallest absolute Gasteiger partial charge is 0.303 e. The molecule has 172 valence electrons. The van der Waals surface area contributed by atoms with Crippen LogP contribution < -0.4 is 10.1 Å². The van der Waals surface area contributed by atoms with Crippen LogP contribution in [0.15, 0.2) is 35.7 Å². The van der Waals surface area contributed by atoms with E-state index >= 15 is 0 Å². The van der Waals surface area contributed by atoms with Crippen LogP contribution in [-0.4, -0.2) is 30.1 Å². The summed E-state index contributed by atoms with van der Waals surface area (Å²) in [5.74, 6) is 1.66. The van der Waals surface area contributed by atoms with E-state index in [4.69, 9.17) is 9.84 Å². The van der Waals surface area contributed by atoms with E-state index in [-0.39, 0.29) is 23.8 Å². The van der Waals surface area contributed by atoms with Gasteiger partial charge in [-0.05, 0) is 73.5 Å². The minimum atomic E-state index is -0.741. The summed E-state index contributed by atoms with van der Waals surface area (Å²) in [6.07, 6.45) is 9.21. The van der Waals surface area contributed by atoms with Crippen LogP contribution in [0.3, 0.4) is 0 Å². The molecule has 4 atom stereocenters. The summed E-state index contributed by atoms with van der Waals surface area (Å²) in [6.45, 7) is 4.68. The molecule has 0 spiro atoms. The predicted octanol–water partition coefficient (Wildman–Crippen LogP) is 5.89. The van der Waals surface area contributed by atoms with Crippen molar-refractivity contribution in [1.82, 2.24) is 5.32 Å². The van der Waals surface area contributed by atoms with E-state index in [1.807, 2.05) is 23.6 Å². The van der Waals surface area contributed by atoms with Crippen LogP contribution in [-0.2, 0) is 4.79 Å². The molecule has 2 bridgehead atoms. The molecular formula is C26H33NO4S. The van der Waals surface area contributed by atoms with E-state index in [2.05, 4.69) is 31.3 Å². The van der Waals surface area contributed by atoms with E-state index in [0.717, 1.165) is 46.6 Å². The predicted molar refractivity (Wildman–Crippen MR) is 128 cm³/mol. The van der Waals surface area contributed by atoms with Crippen LogP contribution in [0.25, 0.3) is 10.1 Å². The van der Waals surface area contributed by atoms with Crippen molar-refractivity contribution in [2.75, 3.05) is 7.11 Å². The van der Waals surface area contributed by atoms with Gasteiger partial charge in [-0.1, -0.05) is 26.0 Å². The average Bonchev–Trinajstić information content (AvgIpc) is 3.19. The Morgan fingerprint density at radius 2 is 2.09 bits per heavy atom. The molecule has 2 N–H and O–H groups in total. The topological polar surface area (TPSA) is 75.6 Å².